The number of rotatable bonds is 6. The Kier molecular flexibility index (Phi) is 8.94. The van der Waals surface area contributed by atoms with Crippen LogP contribution in [-0.4, -0.2) is 56.2 Å². The highest BCUT2D eigenvalue weighted by atomic mass is 32.2. The van der Waals surface area contributed by atoms with Crippen LogP contribution in [0.3, 0.4) is 0 Å². The summed E-state index contributed by atoms with van der Waals surface area (Å²) in [7, 11) is 0. The molecule has 2 aliphatic heterocycles. The number of halogens is 6. The molecule has 1 amide bonds. The van der Waals surface area contributed by atoms with E-state index in [1.165, 1.54) is 4.90 Å². The monoisotopic (exact) mass is 559 g/mol. The van der Waals surface area contributed by atoms with Crippen molar-refractivity contribution >= 4 is 29.4 Å². The molecule has 2 aromatic carbocycles. The van der Waals surface area contributed by atoms with Crippen molar-refractivity contribution in [2.24, 2.45) is 0 Å². The summed E-state index contributed by atoms with van der Waals surface area (Å²) in [6.45, 7) is 2.99. The Bertz CT molecular complexity index is 1160. The summed E-state index contributed by atoms with van der Waals surface area (Å²) in [6.07, 6.45) is -7.32. The number of piperazine rings is 1. The lowest BCUT2D eigenvalue weighted by molar-refractivity contribution is -0.163. The normalized spacial score (nSPS) is 17.7. The molecule has 206 valence electrons. The Labute approximate surface area is 220 Å². The molecule has 2 aromatic rings. The van der Waals surface area contributed by atoms with Crippen molar-refractivity contribution in [2.75, 3.05) is 44.7 Å². The third kappa shape index (κ3) is 7.23. The van der Waals surface area contributed by atoms with E-state index in [0.717, 1.165) is 37.1 Å². The van der Waals surface area contributed by atoms with E-state index in [4.69, 9.17) is 4.74 Å². The Morgan fingerprint density at radius 1 is 1.00 bits per heavy atom. The third-order valence-electron chi connectivity index (χ3n) is 6.25. The van der Waals surface area contributed by atoms with Gasteiger partial charge in [-0.15, -0.1) is 0 Å². The summed E-state index contributed by atoms with van der Waals surface area (Å²) in [6, 6.07) is 8.71. The molecule has 2 saturated heterocycles. The second kappa shape index (κ2) is 12.0. The van der Waals surface area contributed by atoms with Crippen molar-refractivity contribution in [2.45, 2.75) is 41.0 Å². The maximum absolute atomic E-state index is 14.2. The number of nitrogens with zero attached hydrogens (tertiary/aromatic N) is 1. The van der Waals surface area contributed by atoms with Gasteiger partial charge in [-0.05, 0) is 48.7 Å². The van der Waals surface area contributed by atoms with Crippen molar-refractivity contribution in [3.63, 3.8) is 0 Å². The third-order valence-corrected chi connectivity index (χ3v) is 7.30. The summed E-state index contributed by atoms with van der Waals surface area (Å²) < 4.78 is 90.1. The van der Waals surface area contributed by atoms with Crippen molar-refractivity contribution < 1.29 is 35.9 Å². The number of carbonyl (C=O) groups is 1. The van der Waals surface area contributed by atoms with Crippen molar-refractivity contribution in [3.05, 3.63) is 59.2 Å². The molecule has 0 saturated carbocycles. The molecule has 0 bridgehead atoms. The number of amides is 1. The summed E-state index contributed by atoms with van der Waals surface area (Å²) in [4.78, 5) is 13.6. The Morgan fingerprint density at radius 3 is 2.34 bits per heavy atom. The first-order chi connectivity index (χ1) is 18.0. The Morgan fingerprint density at radius 2 is 1.68 bits per heavy atom. The molecular weight excluding hydrogens is 532 g/mol. The first-order valence-electron chi connectivity index (χ1n) is 12.1. The van der Waals surface area contributed by atoms with Crippen LogP contribution in [0.2, 0.25) is 0 Å². The molecule has 0 spiro atoms. The molecule has 0 unspecified atom stereocenters. The molecule has 5 nitrogen and oxygen atoms in total. The van der Waals surface area contributed by atoms with Crippen molar-refractivity contribution in [3.8, 4) is 0 Å². The topological polar surface area (TPSA) is 53.6 Å². The van der Waals surface area contributed by atoms with Gasteiger partial charge in [0.05, 0.1) is 11.1 Å². The zero-order valence-electron chi connectivity index (χ0n) is 20.3. The highest BCUT2D eigenvalue weighted by Crippen LogP contribution is 2.48. The van der Waals surface area contributed by atoms with Crippen LogP contribution in [0.5, 0.6) is 0 Å². The second-order valence-electron chi connectivity index (χ2n) is 8.97. The lowest BCUT2D eigenvalue weighted by Gasteiger charge is -2.26. The van der Waals surface area contributed by atoms with Gasteiger partial charge in [0.15, 0.2) is 0 Å². The van der Waals surface area contributed by atoms with Crippen LogP contribution >= 0.6 is 11.8 Å². The minimum Gasteiger partial charge on any atom is -0.382 e. The maximum Gasteiger partial charge on any atom is 0.418 e. The summed E-state index contributed by atoms with van der Waals surface area (Å²) in [5.41, 5.74) is -3.63. The fourth-order valence-corrected chi connectivity index (χ4v) is 5.46. The summed E-state index contributed by atoms with van der Waals surface area (Å²) in [5, 5.41) is 6.35. The Hall–Kier alpha value is -2.70. The molecule has 12 heteroatoms. The second-order valence-corrected chi connectivity index (χ2v) is 10.1. The quantitative estimate of drug-likeness (QED) is 0.341. The molecule has 2 heterocycles. The fraction of sp³-hybridized carbons (Fsp3) is 0.423. The highest BCUT2D eigenvalue weighted by Gasteiger charge is 2.46. The number of hydrogen-bond donors (Lipinski definition) is 2. The standard InChI is InChI=1S/C26H27F6N3O2S/c27-25(28,29)23-17(5-7-22(36)35-12-10-33-11-13-35)4-6-21(24(23)26(30,31)32)38-20-3-1-2-19(16-20)34-18-8-14-37-15-9-18/h1-7,16,18,33-34H,8-15H2. The summed E-state index contributed by atoms with van der Waals surface area (Å²) >= 11 is 0.612. The average Bonchev–Trinajstić information content (AvgIpc) is 2.87. The van der Waals surface area contributed by atoms with Gasteiger partial charge in [0.2, 0.25) is 5.91 Å². The molecular formula is C26H27F6N3O2S. The van der Waals surface area contributed by atoms with Crippen molar-refractivity contribution in [1.82, 2.24) is 10.2 Å². The summed E-state index contributed by atoms with van der Waals surface area (Å²) in [5.74, 6) is -0.555. The molecule has 0 atom stereocenters. The van der Waals surface area contributed by atoms with E-state index >= 15 is 0 Å². The smallest absolute Gasteiger partial charge is 0.382 e. The van der Waals surface area contributed by atoms with Crippen LogP contribution in [-0.2, 0) is 21.9 Å². The number of anilines is 1. The number of nitrogens with one attached hydrogen (secondary N) is 2. The van der Waals surface area contributed by atoms with E-state index in [1.807, 2.05) is 0 Å². The van der Waals surface area contributed by atoms with Crippen LogP contribution in [0, 0.1) is 0 Å². The molecule has 38 heavy (non-hydrogen) atoms. The molecule has 0 aromatic heterocycles. The van der Waals surface area contributed by atoms with E-state index in [9.17, 15) is 31.1 Å². The maximum atomic E-state index is 14.2. The lowest BCUT2D eigenvalue weighted by Crippen LogP contribution is -2.45. The van der Waals surface area contributed by atoms with Crippen LogP contribution in [0.1, 0.15) is 29.5 Å². The van der Waals surface area contributed by atoms with Gasteiger partial charge in [-0.3, -0.25) is 4.79 Å². The minimum atomic E-state index is -5.30. The molecule has 2 fully saturated rings. The van der Waals surface area contributed by atoms with E-state index < -0.39 is 39.8 Å². The van der Waals surface area contributed by atoms with E-state index in [2.05, 4.69) is 10.6 Å². The minimum absolute atomic E-state index is 0.140. The van der Waals surface area contributed by atoms with Gasteiger partial charge in [-0.1, -0.05) is 23.9 Å². The number of hydrogen-bond acceptors (Lipinski definition) is 5. The van der Waals surface area contributed by atoms with Crippen LogP contribution < -0.4 is 10.6 Å². The molecule has 0 radical (unpaired) electrons. The van der Waals surface area contributed by atoms with Gasteiger partial charge in [0.25, 0.3) is 0 Å². The van der Waals surface area contributed by atoms with Gasteiger partial charge in [0.1, 0.15) is 0 Å². The predicted molar refractivity (Wildman–Crippen MR) is 133 cm³/mol. The van der Waals surface area contributed by atoms with E-state index in [1.54, 1.807) is 24.3 Å². The van der Waals surface area contributed by atoms with E-state index in [-0.39, 0.29) is 6.04 Å². The largest absolute Gasteiger partial charge is 0.418 e. The number of alkyl halides is 6. The predicted octanol–water partition coefficient (Wildman–Crippen LogP) is 5.91. The van der Waals surface area contributed by atoms with Gasteiger partial charge < -0.3 is 20.3 Å². The molecule has 2 N–H and O–H groups in total. The number of carbonyl (C=O) groups excluding carboxylic acids is 1. The average molecular weight is 560 g/mol. The van der Waals surface area contributed by atoms with E-state index in [0.29, 0.717) is 61.7 Å². The zero-order chi connectivity index (χ0) is 27.3. The highest BCUT2D eigenvalue weighted by molar-refractivity contribution is 7.99. The first-order valence-corrected chi connectivity index (χ1v) is 13.0. The first kappa shape index (κ1) is 28.3. The van der Waals surface area contributed by atoms with Crippen LogP contribution in [0.4, 0.5) is 32.0 Å². The van der Waals surface area contributed by atoms with Crippen LogP contribution in [0.25, 0.3) is 6.08 Å². The zero-order valence-corrected chi connectivity index (χ0v) is 21.1. The van der Waals surface area contributed by atoms with Gasteiger partial charge >= 0.3 is 12.4 Å². The molecule has 2 aliphatic rings. The van der Waals surface area contributed by atoms with Gasteiger partial charge in [0, 0.05) is 67.0 Å². The van der Waals surface area contributed by atoms with Crippen LogP contribution in [0.15, 0.2) is 52.3 Å². The molecule has 4 rings (SSSR count). The van der Waals surface area contributed by atoms with Gasteiger partial charge in [-0.2, -0.15) is 26.3 Å². The lowest BCUT2D eigenvalue weighted by atomic mass is 9.99. The SMILES string of the molecule is O=C(C=Cc1ccc(Sc2cccc(NC3CCOCC3)c2)c(C(F)(F)F)c1C(F)(F)F)N1CCNCC1. The number of ether oxygens (including phenoxy) is 1. The Balaban J connectivity index is 1.66. The molecule has 0 aliphatic carbocycles. The number of benzene rings is 2. The van der Waals surface area contributed by atoms with Crippen molar-refractivity contribution in [1.29, 1.82) is 0 Å². The van der Waals surface area contributed by atoms with Gasteiger partial charge in [-0.25, -0.2) is 0 Å². The fourth-order valence-electron chi connectivity index (χ4n) is 4.42.